The van der Waals surface area contributed by atoms with Crippen LogP contribution in [0.15, 0.2) is 28.8 Å². The fourth-order valence-corrected chi connectivity index (χ4v) is 3.11. The third-order valence-electron chi connectivity index (χ3n) is 4.68. The highest BCUT2D eigenvalue weighted by Gasteiger charge is 2.25. The molecule has 1 aliphatic rings. The SMILES string of the molecule is CCCNC(=O)C1CCN(Cc2nc(-c3ccc(OC)cc3)no2)CC1. The molecule has 2 heterocycles. The highest BCUT2D eigenvalue weighted by atomic mass is 16.5. The van der Waals surface area contributed by atoms with Crippen LogP contribution in [0.5, 0.6) is 5.75 Å². The van der Waals surface area contributed by atoms with E-state index in [0.717, 1.165) is 50.2 Å². The summed E-state index contributed by atoms with van der Waals surface area (Å²) in [4.78, 5) is 18.8. The molecule has 0 spiro atoms. The van der Waals surface area contributed by atoms with E-state index in [2.05, 4.69) is 27.3 Å². The number of amides is 1. The number of piperidine rings is 1. The summed E-state index contributed by atoms with van der Waals surface area (Å²) in [5.41, 5.74) is 0.895. The number of benzene rings is 1. The number of aromatic nitrogens is 2. The minimum absolute atomic E-state index is 0.121. The third-order valence-corrected chi connectivity index (χ3v) is 4.68. The molecule has 1 aliphatic heterocycles. The van der Waals surface area contributed by atoms with E-state index in [1.807, 2.05) is 24.3 Å². The average Bonchev–Trinajstić information content (AvgIpc) is 3.15. The summed E-state index contributed by atoms with van der Waals surface area (Å²) in [7, 11) is 1.64. The summed E-state index contributed by atoms with van der Waals surface area (Å²) in [6, 6.07) is 7.57. The number of nitrogens with zero attached hydrogens (tertiary/aromatic N) is 3. The highest BCUT2D eigenvalue weighted by Crippen LogP contribution is 2.22. The number of hydrogen-bond donors (Lipinski definition) is 1. The van der Waals surface area contributed by atoms with Crippen molar-refractivity contribution in [2.75, 3.05) is 26.7 Å². The lowest BCUT2D eigenvalue weighted by Crippen LogP contribution is -2.40. The van der Waals surface area contributed by atoms with Crippen LogP contribution in [-0.4, -0.2) is 47.7 Å². The Morgan fingerprint density at radius 2 is 2.04 bits per heavy atom. The summed E-state index contributed by atoms with van der Waals surface area (Å²) in [6.07, 6.45) is 2.71. The average molecular weight is 358 g/mol. The molecule has 7 nitrogen and oxygen atoms in total. The fraction of sp³-hybridized carbons (Fsp3) is 0.526. The smallest absolute Gasteiger partial charge is 0.241 e. The molecule has 1 aromatic heterocycles. The van der Waals surface area contributed by atoms with Crippen molar-refractivity contribution in [2.45, 2.75) is 32.7 Å². The van der Waals surface area contributed by atoms with Crippen LogP contribution in [0.3, 0.4) is 0 Å². The molecule has 1 N–H and O–H groups in total. The van der Waals surface area contributed by atoms with Gasteiger partial charge in [-0.2, -0.15) is 4.98 Å². The maximum atomic E-state index is 12.0. The maximum absolute atomic E-state index is 12.0. The molecule has 1 amide bonds. The molecule has 7 heteroatoms. The van der Waals surface area contributed by atoms with Crippen LogP contribution in [0.2, 0.25) is 0 Å². The van der Waals surface area contributed by atoms with Gasteiger partial charge in [-0.3, -0.25) is 9.69 Å². The predicted octanol–water partition coefficient (Wildman–Crippen LogP) is 2.48. The minimum Gasteiger partial charge on any atom is -0.497 e. The van der Waals surface area contributed by atoms with Crippen LogP contribution >= 0.6 is 0 Å². The van der Waals surface area contributed by atoms with Crippen molar-refractivity contribution < 1.29 is 14.1 Å². The number of ether oxygens (including phenoxy) is 1. The molecule has 1 saturated heterocycles. The lowest BCUT2D eigenvalue weighted by molar-refractivity contribution is -0.126. The predicted molar refractivity (Wildman–Crippen MR) is 97.6 cm³/mol. The fourth-order valence-electron chi connectivity index (χ4n) is 3.11. The Morgan fingerprint density at radius 1 is 1.31 bits per heavy atom. The zero-order valence-electron chi connectivity index (χ0n) is 15.4. The molecular weight excluding hydrogens is 332 g/mol. The number of nitrogens with one attached hydrogen (secondary N) is 1. The molecule has 1 aromatic carbocycles. The normalized spacial score (nSPS) is 15.8. The van der Waals surface area contributed by atoms with Gasteiger partial charge in [0.15, 0.2) is 0 Å². The van der Waals surface area contributed by atoms with E-state index in [1.54, 1.807) is 7.11 Å². The molecule has 0 radical (unpaired) electrons. The minimum atomic E-state index is 0.121. The standard InChI is InChI=1S/C19H26N4O3/c1-3-10-20-19(24)15-8-11-23(12-9-15)13-17-21-18(22-26-17)14-4-6-16(25-2)7-5-14/h4-7,15H,3,8-13H2,1-2H3,(H,20,24). The lowest BCUT2D eigenvalue weighted by atomic mass is 9.96. The number of methoxy groups -OCH3 is 1. The van der Waals surface area contributed by atoms with Gasteiger partial charge in [-0.15, -0.1) is 0 Å². The van der Waals surface area contributed by atoms with Crippen LogP contribution in [0.1, 0.15) is 32.1 Å². The van der Waals surface area contributed by atoms with E-state index >= 15 is 0 Å². The number of rotatable bonds is 7. The number of hydrogen-bond acceptors (Lipinski definition) is 6. The van der Waals surface area contributed by atoms with E-state index in [0.29, 0.717) is 18.3 Å². The zero-order chi connectivity index (χ0) is 18.4. The monoisotopic (exact) mass is 358 g/mol. The van der Waals surface area contributed by atoms with Crippen molar-refractivity contribution in [2.24, 2.45) is 5.92 Å². The van der Waals surface area contributed by atoms with Gasteiger partial charge in [-0.05, 0) is 56.6 Å². The molecule has 0 saturated carbocycles. The first-order valence-corrected chi connectivity index (χ1v) is 9.16. The number of carbonyl (C=O) groups is 1. The Hall–Kier alpha value is -2.41. The number of carbonyl (C=O) groups excluding carboxylic acids is 1. The van der Waals surface area contributed by atoms with E-state index < -0.39 is 0 Å². The summed E-state index contributed by atoms with van der Waals surface area (Å²) in [6.45, 7) is 5.17. The highest BCUT2D eigenvalue weighted by molar-refractivity contribution is 5.78. The van der Waals surface area contributed by atoms with E-state index in [1.165, 1.54) is 0 Å². The van der Waals surface area contributed by atoms with E-state index in [4.69, 9.17) is 9.26 Å². The van der Waals surface area contributed by atoms with Crippen LogP contribution in [-0.2, 0) is 11.3 Å². The van der Waals surface area contributed by atoms with Crippen LogP contribution < -0.4 is 10.1 Å². The van der Waals surface area contributed by atoms with Gasteiger partial charge in [0.1, 0.15) is 5.75 Å². The van der Waals surface area contributed by atoms with Gasteiger partial charge in [0.25, 0.3) is 0 Å². The van der Waals surface area contributed by atoms with Gasteiger partial charge >= 0.3 is 0 Å². The molecule has 1 fully saturated rings. The lowest BCUT2D eigenvalue weighted by Gasteiger charge is -2.30. The van der Waals surface area contributed by atoms with Gasteiger partial charge in [-0.1, -0.05) is 12.1 Å². The first kappa shape index (κ1) is 18.4. The van der Waals surface area contributed by atoms with Gasteiger partial charge in [0.2, 0.25) is 17.6 Å². The summed E-state index contributed by atoms with van der Waals surface area (Å²) in [5.74, 6) is 2.28. The first-order valence-electron chi connectivity index (χ1n) is 9.16. The van der Waals surface area contributed by atoms with Crippen molar-refractivity contribution in [1.82, 2.24) is 20.4 Å². The second-order valence-corrected chi connectivity index (χ2v) is 6.58. The Balaban J connectivity index is 1.51. The van der Waals surface area contributed by atoms with Crippen molar-refractivity contribution in [3.63, 3.8) is 0 Å². The molecule has 0 bridgehead atoms. The van der Waals surface area contributed by atoms with Crippen molar-refractivity contribution in [1.29, 1.82) is 0 Å². The number of likely N-dealkylation sites (tertiary alicyclic amines) is 1. The van der Waals surface area contributed by atoms with Crippen LogP contribution in [0.25, 0.3) is 11.4 Å². The Bertz CT molecular complexity index is 706. The molecule has 3 rings (SSSR count). The van der Waals surface area contributed by atoms with E-state index in [-0.39, 0.29) is 11.8 Å². The first-order chi connectivity index (χ1) is 12.7. The van der Waals surface area contributed by atoms with Gasteiger partial charge in [0, 0.05) is 18.0 Å². The molecule has 140 valence electrons. The molecule has 0 atom stereocenters. The second-order valence-electron chi connectivity index (χ2n) is 6.58. The maximum Gasteiger partial charge on any atom is 0.241 e. The molecule has 0 aliphatic carbocycles. The summed E-state index contributed by atoms with van der Waals surface area (Å²) >= 11 is 0. The van der Waals surface area contributed by atoms with Crippen molar-refractivity contribution in [3.8, 4) is 17.1 Å². The van der Waals surface area contributed by atoms with Crippen molar-refractivity contribution >= 4 is 5.91 Å². The van der Waals surface area contributed by atoms with Gasteiger partial charge in [-0.25, -0.2) is 0 Å². The molecular formula is C19H26N4O3. The molecule has 2 aromatic rings. The Kier molecular flexibility index (Phi) is 6.22. The quantitative estimate of drug-likeness (QED) is 0.819. The van der Waals surface area contributed by atoms with Gasteiger partial charge in [0.05, 0.1) is 13.7 Å². The Labute approximate surface area is 153 Å². The third kappa shape index (κ3) is 4.60. The van der Waals surface area contributed by atoms with Crippen molar-refractivity contribution in [3.05, 3.63) is 30.2 Å². The summed E-state index contributed by atoms with van der Waals surface area (Å²) < 4.78 is 10.6. The van der Waals surface area contributed by atoms with Crippen LogP contribution in [0, 0.1) is 5.92 Å². The summed E-state index contributed by atoms with van der Waals surface area (Å²) in [5, 5.41) is 7.06. The second kappa shape index (κ2) is 8.80. The largest absolute Gasteiger partial charge is 0.497 e. The molecule has 0 unspecified atom stereocenters. The Morgan fingerprint density at radius 3 is 2.69 bits per heavy atom. The van der Waals surface area contributed by atoms with Crippen LogP contribution in [0.4, 0.5) is 0 Å². The zero-order valence-corrected chi connectivity index (χ0v) is 15.4. The van der Waals surface area contributed by atoms with Gasteiger partial charge < -0.3 is 14.6 Å². The topological polar surface area (TPSA) is 80.5 Å². The molecule has 26 heavy (non-hydrogen) atoms. The van der Waals surface area contributed by atoms with E-state index in [9.17, 15) is 4.79 Å².